The molecule has 0 bridgehead atoms. The van der Waals surface area contributed by atoms with Gasteiger partial charge in [-0.25, -0.2) is 0 Å². The van der Waals surface area contributed by atoms with Crippen LogP contribution in [0.5, 0.6) is 5.75 Å². The van der Waals surface area contributed by atoms with Gasteiger partial charge in [-0.05, 0) is 54.5 Å². The van der Waals surface area contributed by atoms with Gasteiger partial charge in [0, 0.05) is 12.3 Å². The Kier molecular flexibility index (Phi) is 5.91. The van der Waals surface area contributed by atoms with Gasteiger partial charge in [0.25, 0.3) is 0 Å². The second-order valence-corrected chi connectivity index (χ2v) is 7.03. The molecule has 1 aliphatic rings. The molecule has 0 aliphatic heterocycles. The van der Waals surface area contributed by atoms with Crippen molar-refractivity contribution in [3.63, 3.8) is 0 Å². The van der Waals surface area contributed by atoms with Crippen LogP contribution in [0.2, 0.25) is 0 Å². The molecule has 0 spiro atoms. The van der Waals surface area contributed by atoms with Gasteiger partial charge in [0.1, 0.15) is 11.5 Å². The smallest absolute Gasteiger partial charge is 0.140 e. The number of benzene rings is 2. The van der Waals surface area contributed by atoms with Gasteiger partial charge in [-0.2, -0.15) is 0 Å². The molecule has 0 N–H and O–H groups in total. The third-order valence-corrected chi connectivity index (χ3v) is 5.25. The summed E-state index contributed by atoms with van der Waals surface area (Å²) in [5, 5.41) is 0. The first-order chi connectivity index (χ1) is 12.2. The first-order valence-electron chi connectivity index (χ1n) is 9.57. The second-order valence-electron chi connectivity index (χ2n) is 7.03. The third kappa shape index (κ3) is 4.31. The molecule has 0 aromatic heterocycles. The lowest BCUT2D eigenvalue weighted by molar-refractivity contribution is -0.123. The predicted octanol–water partition coefficient (Wildman–Crippen LogP) is 6.01. The maximum atomic E-state index is 12.5. The van der Waals surface area contributed by atoms with Crippen LogP contribution in [0.25, 0.3) is 11.1 Å². The summed E-state index contributed by atoms with van der Waals surface area (Å²) in [5.74, 6) is 2.04. The Morgan fingerprint density at radius 1 is 0.920 bits per heavy atom. The molecule has 1 saturated carbocycles. The van der Waals surface area contributed by atoms with Crippen molar-refractivity contribution in [2.24, 2.45) is 5.92 Å². The Morgan fingerprint density at radius 2 is 1.56 bits per heavy atom. The fourth-order valence-electron chi connectivity index (χ4n) is 3.92. The monoisotopic (exact) mass is 336 g/mol. The van der Waals surface area contributed by atoms with E-state index in [0.717, 1.165) is 18.6 Å². The summed E-state index contributed by atoms with van der Waals surface area (Å²) in [6.45, 7) is 4.88. The highest BCUT2D eigenvalue weighted by Gasteiger charge is 2.29. The van der Waals surface area contributed by atoms with E-state index in [1.807, 2.05) is 19.1 Å². The van der Waals surface area contributed by atoms with E-state index >= 15 is 0 Å². The lowest BCUT2D eigenvalue weighted by Crippen LogP contribution is -2.23. The molecular weight excluding hydrogens is 308 g/mol. The number of hydrogen-bond donors (Lipinski definition) is 0. The van der Waals surface area contributed by atoms with Crippen molar-refractivity contribution in [1.29, 1.82) is 0 Å². The number of rotatable bonds is 6. The normalized spacial score (nSPS) is 20.5. The molecule has 2 aromatic rings. The van der Waals surface area contributed by atoms with Crippen molar-refractivity contribution >= 4 is 5.78 Å². The van der Waals surface area contributed by atoms with Crippen LogP contribution in [-0.2, 0) is 4.79 Å². The SMILES string of the molecule is CCC[C@H]1CC[C@H](c2ccc(-c3ccc(OCC)cc3)cc2)C(=O)C1. The number of ketones is 1. The zero-order valence-corrected chi connectivity index (χ0v) is 15.3. The standard InChI is InChI=1S/C23H28O2/c1-3-5-17-6-15-22(23(24)16-17)20-9-7-18(8-10-20)19-11-13-21(14-12-19)25-4-2/h7-14,17,22H,3-6,15-16H2,1-2H3/t17-,22+/m0/s1. The van der Waals surface area contributed by atoms with E-state index in [1.165, 1.54) is 36.0 Å². The molecule has 2 atom stereocenters. The average Bonchev–Trinajstić information content (AvgIpc) is 2.63. The van der Waals surface area contributed by atoms with Crippen molar-refractivity contribution in [2.45, 2.75) is 51.9 Å². The minimum Gasteiger partial charge on any atom is -0.494 e. The highest BCUT2D eigenvalue weighted by Crippen LogP contribution is 2.35. The van der Waals surface area contributed by atoms with Crippen LogP contribution in [0, 0.1) is 5.92 Å². The molecule has 2 nitrogen and oxygen atoms in total. The van der Waals surface area contributed by atoms with Gasteiger partial charge in [0.05, 0.1) is 6.61 Å². The largest absolute Gasteiger partial charge is 0.494 e. The molecule has 132 valence electrons. The number of hydrogen-bond acceptors (Lipinski definition) is 2. The minimum atomic E-state index is 0.0995. The Bertz CT molecular complexity index is 685. The van der Waals surface area contributed by atoms with Gasteiger partial charge in [-0.1, -0.05) is 56.2 Å². The molecule has 0 amide bonds. The number of carbonyl (C=O) groups excluding carboxylic acids is 1. The predicted molar refractivity (Wildman–Crippen MR) is 103 cm³/mol. The van der Waals surface area contributed by atoms with Gasteiger partial charge in [0.2, 0.25) is 0 Å². The molecule has 1 aliphatic carbocycles. The molecule has 2 heteroatoms. The van der Waals surface area contributed by atoms with E-state index in [4.69, 9.17) is 4.74 Å². The molecular formula is C23H28O2. The summed E-state index contributed by atoms with van der Waals surface area (Å²) in [4.78, 5) is 12.5. The fraction of sp³-hybridized carbons (Fsp3) is 0.435. The van der Waals surface area contributed by atoms with E-state index in [9.17, 15) is 4.79 Å². The molecule has 3 rings (SSSR count). The summed E-state index contributed by atoms with van der Waals surface area (Å²) in [5.41, 5.74) is 3.53. The second kappa shape index (κ2) is 8.33. The van der Waals surface area contributed by atoms with Crippen molar-refractivity contribution in [3.8, 4) is 16.9 Å². The summed E-state index contributed by atoms with van der Waals surface area (Å²) in [6.07, 6.45) is 5.32. The molecule has 2 aromatic carbocycles. The molecule has 0 unspecified atom stereocenters. The first kappa shape index (κ1) is 17.7. The summed E-state index contributed by atoms with van der Waals surface area (Å²) in [6, 6.07) is 16.7. The zero-order valence-electron chi connectivity index (χ0n) is 15.3. The van der Waals surface area contributed by atoms with Gasteiger partial charge in [-0.3, -0.25) is 4.79 Å². The van der Waals surface area contributed by atoms with Crippen molar-refractivity contribution in [1.82, 2.24) is 0 Å². The number of carbonyl (C=O) groups is 1. The first-order valence-corrected chi connectivity index (χ1v) is 9.57. The van der Waals surface area contributed by atoms with Crippen molar-refractivity contribution < 1.29 is 9.53 Å². The molecule has 0 saturated heterocycles. The highest BCUT2D eigenvalue weighted by atomic mass is 16.5. The molecule has 0 radical (unpaired) electrons. The van der Waals surface area contributed by atoms with Crippen LogP contribution < -0.4 is 4.74 Å². The Balaban J connectivity index is 1.69. The van der Waals surface area contributed by atoms with Crippen LogP contribution in [0.15, 0.2) is 48.5 Å². The maximum Gasteiger partial charge on any atom is 0.140 e. The van der Waals surface area contributed by atoms with E-state index in [1.54, 1.807) is 0 Å². The van der Waals surface area contributed by atoms with Crippen LogP contribution >= 0.6 is 0 Å². The maximum absolute atomic E-state index is 12.5. The van der Waals surface area contributed by atoms with Gasteiger partial charge >= 0.3 is 0 Å². The van der Waals surface area contributed by atoms with Crippen LogP contribution in [0.3, 0.4) is 0 Å². The average molecular weight is 336 g/mol. The highest BCUT2D eigenvalue weighted by molar-refractivity contribution is 5.86. The minimum absolute atomic E-state index is 0.0995. The molecule has 1 fully saturated rings. The van der Waals surface area contributed by atoms with Crippen LogP contribution in [0.4, 0.5) is 0 Å². The van der Waals surface area contributed by atoms with Gasteiger partial charge in [-0.15, -0.1) is 0 Å². The number of Topliss-reactive ketones (excluding diaryl/α,β-unsaturated/α-hetero) is 1. The van der Waals surface area contributed by atoms with Crippen LogP contribution in [-0.4, -0.2) is 12.4 Å². The molecule has 0 heterocycles. The van der Waals surface area contributed by atoms with E-state index in [0.29, 0.717) is 18.3 Å². The van der Waals surface area contributed by atoms with E-state index in [2.05, 4.69) is 43.3 Å². The number of ether oxygens (including phenoxy) is 1. The summed E-state index contributed by atoms with van der Waals surface area (Å²) >= 11 is 0. The molecule has 25 heavy (non-hydrogen) atoms. The van der Waals surface area contributed by atoms with Gasteiger partial charge < -0.3 is 4.74 Å². The Labute approximate surface area is 151 Å². The lowest BCUT2D eigenvalue weighted by Gasteiger charge is -2.27. The quantitative estimate of drug-likeness (QED) is 0.646. The lowest BCUT2D eigenvalue weighted by atomic mass is 9.76. The summed E-state index contributed by atoms with van der Waals surface area (Å²) in [7, 11) is 0. The zero-order chi connectivity index (χ0) is 17.6. The third-order valence-electron chi connectivity index (χ3n) is 5.25. The van der Waals surface area contributed by atoms with Gasteiger partial charge in [0.15, 0.2) is 0 Å². The Hall–Kier alpha value is -2.09. The van der Waals surface area contributed by atoms with E-state index < -0.39 is 0 Å². The van der Waals surface area contributed by atoms with Crippen molar-refractivity contribution in [2.75, 3.05) is 6.61 Å². The Morgan fingerprint density at radius 3 is 2.12 bits per heavy atom. The fourth-order valence-corrected chi connectivity index (χ4v) is 3.92. The van der Waals surface area contributed by atoms with E-state index in [-0.39, 0.29) is 5.92 Å². The van der Waals surface area contributed by atoms with Crippen LogP contribution in [0.1, 0.15) is 57.4 Å². The van der Waals surface area contributed by atoms with Crippen molar-refractivity contribution in [3.05, 3.63) is 54.1 Å². The topological polar surface area (TPSA) is 26.3 Å². The summed E-state index contributed by atoms with van der Waals surface area (Å²) < 4.78 is 5.50.